The number of carbonyl (C=O) groups is 1. The Labute approximate surface area is 248 Å². The summed E-state index contributed by atoms with van der Waals surface area (Å²) in [6.45, 7) is 0. The van der Waals surface area contributed by atoms with Crippen molar-refractivity contribution in [3.05, 3.63) is 177 Å². The zero-order chi connectivity index (χ0) is 29.9. The molecule has 0 saturated carbocycles. The molecule has 0 radical (unpaired) electrons. The van der Waals surface area contributed by atoms with Crippen molar-refractivity contribution in [2.24, 2.45) is 0 Å². The Balaban J connectivity index is 0.000000609. The molecule has 0 aliphatic rings. The minimum absolute atomic E-state index is 0. The van der Waals surface area contributed by atoms with Crippen molar-refractivity contribution in [2.45, 2.75) is 24.2 Å². The van der Waals surface area contributed by atoms with E-state index in [1.165, 1.54) is 0 Å². The number of carboxylic acid groups (broad SMARTS) is 2. The minimum Gasteiger partial charge on any atom is -0.672 e. The molecule has 0 aliphatic carbocycles. The van der Waals surface area contributed by atoms with Gasteiger partial charge < -0.3 is 43.1 Å². The summed E-state index contributed by atoms with van der Waals surface area (Å²) >= 11 is 0. The first kappa shape index (κ1) is 36.7. The second kappa shape index (κ2) is 20.6. The number of hydrogen-bond donors (Lipinski definition) is 1. The monoisotopic (exact) mass is 602 g/mol. The first-order valence-electron chi connectivity index (χ1n) is 11.8. The van der Waals surface area contributed by atoms with Crippen LogP contribution in [0.1, 0.15) is 46.4 Å². The summed E-state index contributed by atoms with van der Waals surface area (Å²) in [6, 6.07) is 36.1. The predicted molar refractivity (Wildman–Crippen MR) is 148 cm³/mol. The Kier molecular flexibility index (Phi) is 18.4. The molecule has 11 nitrogen and oxygen atoms in total. The summed E-state index contributed by atoms with van der Waals surface area (Å²) in [7, 11) is 0. The maximum Gasteiger partial charge on any atom is 3.00 e. The van der Waals surface area contributed by atoms with E-state index in [0.29, 0.717) is 0 Å². The van der Waals surface area contributed by atoms with E-state index in [4.69, 9.17) is 53.3 Å². The molecule has 0 bridgehead atoms. The fourth-order valence-corrected chi connectivity index (χ4v) is 3.41. The molecule has 4 atom stereocenters. The van der Waals surface area contributed by atoms with Gasteiger partial charge in [-0.05, 0) is 6.16 Å². The molecule has 0 spiro atoms. The van der Waals surface area contributed by atoms with Crippen LogP contribution in [-0.2, 0) is 16.8 Å². The largest absolute Gasteiger partial charge is 3.00 e. The van der Waals surface area contributed by atoms with Gasteiger partial charge in [0.25, 0.3) is 5.09 Å². The van der Waals surface area contributed by atoms with Crippen LogP contribution in [0.25, 0.3) is 22.9 Å². The second-order valence-corrected chi connectivity index (χ2v) is 8.04. The molecule has 4 rings (SSSR count). The van der Waals surface area contributed by atoms with Crippen molar-refractivity contribution in [3.8, 4) is 0 Å². The molecule has 218 valence electrons. The van der Waals surface area contributed by atoms with Crippen molar-refractivity contribution < 1.29 is 42.1 Å². The SMILES string of the molecule is O=C([O-])[O-].O=[N+]([O-])O.[Co+3].[NH-]C(c1ccccc1)C([NH-])c1ccccc1.[NH-]C(c1ccccc1)C([NH-])c1ccccc1. The van der Waals surface area contributed by atoms with E-state index in [1.54, 1.807) is 0 Å². The molecular weight excluding hydrogens is 573 g/mol. The molecule has 41 heavy (non-hydrogen) atoms. The van der Waals surface area contributed by atoms with Crippen LogP contribution < -0.4 is 10.2 Å². The van der Waals surface area contributed by atoms with E-state index in [0.717, 1.165) is 22.3 Å². The number of benzene rings is 4. The molecule has 5 N–H and O–H groups in total. The van der Waals surface area contributed by atoms with E-state index in [9.17, 15) is 0 Å². The average Bonchev–Trinajstić information content (AvgIpc) is 2.97. The summed E-state index contributed by atoms with van der Waals surface area (Å²) in [4.78, 5) is 16.7. The van der Waals surface area contributed by atoms with Gasteiger partial charge >= 0.3 is 16.8 Å². The van der Waals surface area contributed by atoms with Crippen molar-refractivity contribution in [2.75, 3.05) is 0 Å². The smallest absolute Gasteiger partial charge is 0.672 e. The molecular formula is C29H29CoN5O6-3. The maximum atomic E-state index is 8.36. The molecule has 0 heterocycles. The van der Waals surface area contributed by atoms with Crippen LogP contribution in [0.15, 0.2) is 121 Å². The van der Waals surface area contributed by atoms with Gasteiger partial charge in [-0.1, -0.05) is 144 Å². The molecule has 0 aliphatic heterocycles. The third-order valence-corrected chi connectivity index (χ3v) is 5.30. The quantitative estimate of drug-likeness (QED) is 0.195. The van der Waals surface area contributed by atoms with Gasteiger partial charge in [-0.2, -0.15) is 0 Å². The Morgan fingerprint density at radius 1 is 0.537 bits per heavy atom. The minimum atomic E-state index is -2.33. The van der Waals surface area contributed by atoms with E-state index >= 15 is 0 Å². The number of nitrogens with one attached hydrogen (secondary N) is 4. The van der Waals surface area contributed by atoms with Crippen LogP contribution in [-0.4, -0.2) is 16.4 Å². The van der Waals surface area contributed by atoms with Crippen LogP contribution >= 0.6 is 0 Å². The van der Waals surface area contributed by atoms with Crippen LogP contribution in [0, 0.1) is 10.1 Å². The Morgan fingerprint density at radius 3 is 0.780 bits per heavy atom. The van der Waals surface area contributed by atoms with Crippen molar-refractivity contribution in [1.82, 2.24) is 0 Å². The van der Waals surface area contributed by atoms with Gasteiger partial charge in [-0.25, -0.2) is 0 Å². The first-order valence-corrected chi connectivity index (χ1v) is 11.8. The second-order valence-electron chi connectivity index (χ2n) is 8.04. The third kappa shape index (κ3) is 15.2. The molecule has 0 fully saturated rings. The Morgan fingerprint density at radius 2 is 0.659 bits per heavy atom. The third-order valence-electron chi connectivity index (χ3n) is 5.30. The maximum absolute atomic E-state index is 8.36. The zero-order valence-electron chi connectivity index (χ0n) is 21.6. The van der Waals surface area contributed by atoms with Crippen molar-refractivity contribution in [1.29, 1.82) is 0 Å². The number of rotatable bonds is 6. The van der Waals surface area contributed by atoms with E-state index < -0.39 is 35.4 Å². The first-order chi connectivity index (χ1) is 19.0. The van der Waals surface area contributed by atoms with Gasteiger partial charge in [0.15, 0.2) is 0 Å². The van der Waals surface area contributed by atoms with Crippen LogP contribution in [0.3, 0.4) is 0 Å². The standard InChI is InChI=1S/2C14H14N2.CH2O3.Co.HNO3/c2*15-13(11-7-3-1-4-8-11)14(16)12-9-5-2-6-10-12;2-1(3)4;;2-1(3)4/h2*1-10,13-16H;(H2,2,3,4);;(H,2,3,4)/q2*-2;;+3;/p-2. The molecule has 0 amide bonds. The number of hydrogen-bond acceptors (Lipinski definition) is 5. The number of nitrogens with zero attached hydrogens (tertiary/aromatic N) is 1. The van der Waals surface area contributed by atoms with Crippen LogP contribution in [0.5, 0.6) is 0 Å². The molecule has 4 aromatic rings. The molecule has 0 saturated heterocycles. The summed E-state index contributed by atoms with van der Waals surface area (Å²) < 4.78 is 0. The predicted octanol–water partition coefficient (Wildman–Crippen LogP) is 6.35. The fraction of sp³-hybridized carbons (Fsp3) is 0.138. The molecule has 4 unspecified atom stereocenters. The Hall–Kier alpha value is -4.30. The van der Waals surface area contributed by atoms with Crippen molar-refractivity contribution >= 4 is 6.16 Å². The Bertz CT molecular complexity index is 1050. The summed E-state index contributed by atoms with van der Waals surface area (Å²) in [6.07, 6.45) is -2.33. The average molecular weight is 603 g/mol. The number of carbonyl (C=O) groups excluding carboxylic acids is 1. The molecule has 4 aromatic carbocycles. The summed E-state index contributed by atoms with van der Waals surface area (Å²) in [5, 5.41) is 30.3. The van der Waals surface area contributed by atoms with Gasteiger partial charge in [0.05, 0.1) is 0 Å². The van der Waals surface area contributed by atoms with Gasteiger partial charge in [-0.3, -0.25) is 0 Å². The van der Waals surface area contributed by atoms with Crippen LogP contribution in [0.2, 0.25) is 0 Å². The summed E-state index contributed by atoms with van der Waals surface area (Å²) in [5.74, 6) is 0. The van der Waals surface area contributed by atoms with Gasteiger partial charge in [-0.15, -0.1) is 34.3 Å². The van der Waals surface area contributed by atoms with Crippen LogP contribution in [0.4, 0.5) is 4.79 Å². The van der Waals surface area contributed by atoms with E-state index in [1.807, 2.05) is 121 Å². The van der Waals surface area contributed by atoms with Gasteiger partial charge in [0.2, 0.25) is 0 Å². The molecule has 0 aromatic heterocycles. The fourth-order valence-electron chi connectivity index (χ4n) is 3.41. The summed E-state index contributed by atoms with van der Waals surface area (Å²) in [5.41, 5.74) is 35.9. The zero-order valence-corrected chi connectivity index (χ0v) is 22.7. The normalized spacial score (nSPS) is 12.4. The topological polar surface area (TPSA) is 222 Å². The van der Waals surface area contributed by atoms with Crippen molar-refractivity contribution in [3.63, 3.8) is 0 Å². The van der Waals surface area contributed by atoms with E-state index in [2.05, 4.69) is 0 Å². The van der Waals surface area contributed by atoms with Gasteiger partial charge in [0, 0.05) is 0 Å². The van der Waals surface area contributed by atoms with Gasteiger partial charge in [0.1, 0.15) is 0 Å². The molecule has 12 heteroatoms. The van der Waals surface area contributed by atoms with E-state index in [-0.39, 0.29) is 16.8 Å².